The zero-order valence-electron chi connectivity index (χ0n) is 56.4. The molecule has 0 aromatic heterocycles. The van der Waals surface area contributed by atoms with Gasteiger partial charge in [0.2, 0.25) is 0 Å². The zero-order valence-corrected chi connectivity index (χ0v) is 56.4. The molecule has 1 aromatic carbocycles. The number of esters is 2. The standard InChI is InChI=1S/C36H60N2O10.C29H56N2O9/c1-11-27-36(8,45)30(41)24(6)37(9)19-20(2)18-35(7,44)31(22(4)28(39)23(5)33(43)47-27)48-34-29(40)26(17-21(3)46-34)38(10)32(42)25-15-13-12-14-16-25;1-11-21-29(8,37)24(34)19(6)31(10)14-15(2)13-28(7,36)25(17(4)22(32)18(5)26(35)39-21)40-27-23(33)20(30-9)12-16(3)38-27/h12-16,20-24,26-31,34,39-41,44-45H,11,17-19H2,1-10H3;15-25,27,30,32-34,36-37H,11-14H2,1-10H3/t20-,21-,22+,23-,24-,26+,27-,28+,29-,30-,31-,34+,35-,36-;15-,16-,17+,18-,19-,20+,21-,22+,23-,24-,25-,27+,28-,29-/m11/s1. The first-order chi connectivity index (χ1) is 40.6. The predicted octanol–water partition coefficient (Wildman–Crippen LogP) is 2.82. The van der Waals surface area contributed by atoms with Crippen LogP contribution in [0.5, 0.6) is 0 Å². The van der Waals surface area contributed by atoms with Gasteiger partial charge in [-0.05, 0) is 153 Å². The Kier molecular flexibility index (Phi) is 28.3. The van der Waals surface area contributed by atoms with Crippen LogP contribution in [0.1, 0.15) is 160 Å². The van der Waals surface area contributed by atoms with Gasteiger partial charge in [-0.1, -0.05) is 59.7 Å². The fourth-order valence-corrected chi connectivity index (χ4v) is 14.1. The summed E-state index contributed by atoms with van der Waals surface area (Å²) in [5, 5.41) is 118. The number of hydrogen-bond donors (Lipinski definition) is 11. The predicted molar refractivity (Wildman–Crippen MR) is 330 cm³/mol. The Hall–Kier alpha value is -3.05. The van der Waals surface area contributed by atoms with E-state index >= 15 is 0 Å². The number of cyclic esters (lactones) is 2. The fraction of sp³-hybridized carbons (Fsp3) is 0.862. The molecule has 4 saturated heterocycles. The Balaban J connectivity index is 0.000000383. The van der Waals surface area contributed by atoms with Crippen molar-refractivity contribution in [2.24, 2.45) is 35.5 Å². The highest BCUT2D eigenvalue weighted by Gasteiger charge is 2.53. The van der Waals surface area contributed by atoms with Gasteiger partial charge in [0.15, 0.2) is 12.6 Å². The number of ether oxygens (including phenoxy) is 6. The molecule has 23 nitrogen and oxygen atoms in total. The molecule has 4 fully saturated rings. The van der Waals surface area contributed by atoms with Crippen molar-refractivity contribution < 1.29 is 93.9 Å². The second-order valence-corrected chi connectivity index (χ2v) is 27.9. The summed E-state index contributed by atoms with van der Waals surface area (Å²) in [6.07, 6.45) is -12.9. The normalized spacial score (nSPS) is 45.6. The minimum atomic E-state index is -1.79. The lowest BCUT2D eigenvalue weighted by Gasteiger charge is -2.47. The highest BCUT2D eigenvalue weighted by molar-refractivity contribution is 5.94. The Bertz CT molecular complexity index is 2320. The van der Waals surface area contributed by atoms with Gasteiger partial charge >= 0.3 is 11.9 Å². The molecular weight excluding hydrogens is 1140 g/mol. The largest absolute Gasteiger partial charge is 0.459 e. The maximum absolute atomic E-state index is 13.4. The van der Waals surface area contributed by atoms with Crippen LogP contribution in [0.4, 0.5) is 0 Å². The van der Waals surface area contributed by atoms with Crippen LogP contribution in [0.15, 0.2) is 30.3 Å². The van der Waals surface area contributed by atoms with Gasteiger partial charge in [-0.2, -0.15) is 0 Å². The quantitative estimate of drug-likeness (QED) is 0.158. The van der Waals surface area contributed by atoms with Crippen LogP contribution in [0, 0.1) is 35.5 Å². The molecule has 510 valence electrons. The number of amides is 1. The maximum atomic E-state index is 13.4. The van der Waals surface area contributed by atoms with Crippen molar-refractivity contribution in [3.05, 3.63) is 35.9 Å². The molecule has 4 aliphatic heterocycles. The van der Waals surface area contributed by atoms with E-state index in [2.05, 4.69) is 5.32 Å². The average Bonchev–Trinajstić information content (AvgIpc) is 1.64. The van der Waals surface area contributed by atoms with Gasteiger partial charge in [-0.25, -0.2) is 0 Å². The summed E-state index contributed by atoms with van der Waals surface area (Å²) in [5.74, 6) is -5.85. The number of benzene rings is 1. The van der Waals surface area contributed by atoms with E-state index in [1.54, 1.807) is 93.8 Å². The second kappa shape index (κ2) is 32.2. The van der Waals surface area contributed by atoms with Gasteiger partial charge in [0.25, 0.3) is 5.91 Å². The number of nitrogens with one attached hydrogen (secondary N) is 1. The van der Waals surface area contributed by atoms with Crippen molar-refractivity contribution in [3.63, 3.8) is 0 Å². The van der Waals surface area contributed by atoms with E-state index in [0.29, 0.717) is 31.5 Å². The van der Waals surface area contributed by atoms with Crippen LogP contribution >= 0.6 is 0 Å². The minimum absolute atomic E-state index is 0.0985. The van der Waals surface area contributed by atoms with Gasteiger partial charge in [0.05, 0.1) is 65.7 Å². The Morgan fingerprint density at radius 1 is 0.614 bits per heavy atom. The van der Waals surface area contributed by atoms with Crippen LogP contribution in [-0.4, -0.2) is 257 Å². The van der Waals surface area contributed by atoms with Crippen molar-refractivity contribution in [2.45, 2.75) is 282 Å². The Labute approximate surface area is 524 Å². The molecule has 0 unspecified atom stereocenters. The van der Waals surface area contributed by atoms with Crippen LogP contribution in [0.3, 0.4) is 0 Å². The molecule has 1 amide bonds. The summed E-state index contributed by atoms with van der Waals surface area (Å²) < 4.78 is 36.3. The van der Waals surface area contributed by atoms with E-state index in [1.807, 2.05) is 57.7 Å². The van der Waals surface area contributed by atoms with Crippen molar-refractivity contribution >= 4 is 17.8 Å². The molecule has 11 N–H and O–H groups in total. The van der Waals surface area contributed by atoms with Crippen molar-refractivity contribution in [3.8, 4) is 0 Å². The van der Waals surface area contributed by atoms with Crippen molar-refractivity contribution in [2.75, 3.05) is 41.3 Å². The van der Waals surface area contributed by atoms with Gasteiger partial charge in [-0.3, -0.25) is 14.4 Å². The fourth-order valence-electron chi connectivity index (χ4n) is 14.1. The molecule has 4 heterocycles. The molecule has 0 spiro atoms. The third-order valence-corrected chi connectivity index (χ3v) is 19.8. The highest BCUT2D eigenvalue weighted by atomic mass is 16.7. The molecule has 1 aromatic rings. The van der Waals surface area contributed by atoms with Gasteiger partial charge in [0, 0.05) is 55.7 Å². The molecule has 0 saturated carbocycles. The molecule has 4 aliphatic rings. The monoisotopic (exact) mass is 1260 g/mol. The van der Waals surface area contributed by atoms with E-state index in [-0.39, 0.29) is 55.6 Å². The lowest BCUT2D eigenvalue weighted by Crippen LogP contribution is -2.60. The minimum Gasteiger partial charge on any atom is -0.459 e. The number of likely N-dealkylation sites (N-methyl/N-ethyl adjacent to an activating group) is 4. The molecule has 28 atom stereocenters. The third-order valence-electron chi connectivity index (χ3n) is 19.8. The summed E-state index contributed by atoms with van der Waals surface area (Å²) in [4.78, 5) is 45.3. The molecule has 0 bridgehead atoms. The summed E-state index contributed by atoms with van der Waals surface area (Å²) in [7, 11) is 7.01. The Morgan fingerprint density at radius 2 is 0.989 bits per heavy atom. The summed E-state index contributed by atoms with van der Waals surface area (Å²) in [6.45, 7) is 28.0. The first-order valence-corrected chi connectivity index (χ1v) is 32.0. The van der Waals surface area contributed by atoms with E-state index < -0.39 is 156 Å². The van der Waals surface area contributed by atoms with Crippen LogP contribution in [-0.2, 0) is 38.0 Å². The summed E-state index contributed by atoms with van der Waals surface area (Å²) in [6, 6.07) is 6.76. The topological polar surface area (TPSA) is 331 Å². The van der Waals surface area contributed by atoms with Gasteiger partial charge in [-0.15, -0.1) is 0 Å². The van der Waals surface area contributed by atoms with Crippen LogP contribution in [0.2, 0.25) is 0 Å². The number of aliphatic hydroxyl groups is 10. The summed E-state index contributed by atoms with van der Waals surface area (Å²) >= 11 is 0. The highest BCUT2D eigenvalue weighted by Crippen LogP contribution is 2.39. The molecule has 88 heavy (non-hydrogen) atoms. The summed E-state index contributed by atoms with van der Waals surface area (Å²) in [5.41, 5.74) is -6.16. The SMILES string of the molecule is CC[C@H]1OC(=O)[C@H](C)[C@@H](O)[C@H](C)[C@@H](O[C@@H]2O[C@H](C)C[C@H](N(C)C(=O)c3ccccc3)[C@H]2O)[C@](C)(O)C[C@@H](C)CN(C)[C@H](C)[C@@H](O)[C@]1(C)O.CC[C@H]1OC(=O)[C@H](C)[C@@H](O)[C@H](C)[C@@H](O[C@@H]2O[C@H](C)C[C@H](NC)[C@H]2O)[C@](C)(O)C[C@@H](C)CN(C)[C@H](C)[C@@H](O)[C@]1(C)O. The van der Waals surface area contributed by atoms with Gasteiger partial charge in [0.1, 0.15) is 47.8 Å². The molecule has 0 aliphatic carbocycles. The number of nitrogens with zero attached hydrogens (tertiary/aromatic N) is 3. The van der Waals surface area contributed by atoms with Crippen LogP contribution < -0.4 is 5.32 Å². The molecule has 23 heteroatoms. The van der Waals surface area contributed by atoms with Crippen molar-refractivity contribution in [1.29, 1.82) is 0 Å². The Morgan fingerprint density at radius 3 is 1.36 bits per heavy atom. The van der Waals surface area contributed by atoms with E-state index in [9.17, 15) is 65.4 Å². The number of carbonyl (C=O) groups is 3. The number of rotatable bonds is 9. The van der Waals surface area contributed by atoms with E-state index in [4.69, 9.17) is 28.4 Å². The van der Waals surface area contributed by atoms with E-state index in [0.717, 1.165) is 0 Å². The van der Waals surface area contributed by atoms with Gasteiger partial charge < -0.3 is 99.5 Å². The molecular formula is C65H116N4O19. The molecule has 0 radical (unpaired) electrons. The lowest BCUT2D eigenvalue weighted by molar-refractivity contribution is -0.298. The average molecular weight is 1260 g/mol. The second-order valence-electron chi connectivity index (χ2n) is 27.9. The zero-order chi connectivity index (χ0) is 67.0. The maximum Gasteiger partial charge on any atom is 0.311 e. The number of carbonyl (C=O) groups excluding carboxylic acids is 3. The smallest absolute Gasteiger partial charge is 0.311 e. The van der Waals surface area contributed by atoms with Crippen molar-refractivity contribution in [1.82, 2.24) is 20.0 Å². The number of hydrogen-bond acceptors (Lipinski definition) is 22. The third kappa shape index (κ3) is 18.6. The van der Waals surface area contributed by atoms with Crippen LogP contribution in [0.25, 0.3) is 0 Å². The molecule has 5 rings (SSSR count). The lowest BCUT2D eigenvalue weighted by atomic mass is 9.78. The number of aliphatic hydroxyl groups excluding tert-OH is 6. The van der Waals surface area contributed by atoms with E-state index in [1.165, 1.54) is 32.6 Å². The first kappa shape index (κ1) is 77.4. The first-order valence-electron chi connectivity index (χ1n) is 32.0.